The van der Waals surface area contributed by atoms with Crippen LogP contribution in [-0.2, 0) is 18.5 Å². The summed E-state index contributed by atoms with van der Waals surface area (Å²) in [5, 5.41) is 44.6. The molecule has 1 amide bonds. The summed E-state index contributed by atoms with van der Waals surface area (Å²) < 4.78 is 16.3. The first-order chi connectivity index (χ1) is 27.4. The number of allylic oxidation sites excluding steroid dienone is 1. The van der Waals surface area contributed by atoms with Gasteiger partial charge in [-0.25, -0.2) is 0 Å². The number of unbranched alkanes of at least 4 members (excludes halogenated alkanes) is 29. The van der Waals surface area contributed by atoms with Crippen LogP contribution in [0, 0.1) is 0 Å². The van der Waals surface area contributed by atoms with Crippen LogP contribution in [0.3, 0.4) is 0 Å². The molecule has 56 heavy (non-hydrogen) atoms. The summed E-state index contributed by atoms with van der Waals surface area (Å²) in [4.78, 5) is 13.0. The van der Waals surface area contributed by atoms with Gasteiger partial charge in [0.2, 0.25) is 5.91 Å². The molecule has 332 valence electrons. The van der Waals surface area contributed by atoms with Gasteiger partial charge < -0.3 is 39.4 Å². The highest BCUT2D eigenvalue weighted by atomic mass is 32.1. The van der Waals surface area contributed by atoms with Crippen molar-refractivity contribution in [2.75, 3.05) is 13.2 Å². The molecule has 0 saturated carbocycles. The molecule has 0 spiro atoms. The van der Waals surface area contributed by atoms with Gasteiger partial charge >= 0.3 is 0 Å². The van der Waals surface area contributed by atoms with Crippen LogP contribution in [-0.4, -0.2) is 82.4 Å². The summed E-state index contributed by atoms with van der Waals surface area (Å²) in [6, 6.07) is -0.775. The molecule has 1 aliphatic rings. The minimum absolute atomic E-state index is 0.149. The maximum atomic E-state index is 13.0. The number of rotatable bonds is 40. The van der Waals surface area contributed by atoms with Crippen LogP contribution in [0.2, 0.25) is 0 Å². The van der Waals surface area contributed by atoms with Crippen molar-refractivity contribution in [1.82, 2.24) is 5.32 Å². The van der Waals surface area contributed by atoms with E-state index < -0.39 is 49.5 Å². The Bertz CT molecular complexity index is 897. The second-order valence-electron chi connectivity index (χ2n) is 16.6. The predicted octanol–water partition coefficient (Wildman–Crippen LogP) is 10.6. The van der Waals surface area contributed by atoms with E-state index in [0.29, 0.717) is 6.42 Å². The lowest BCUT2D eigenvalue weighted by Crippen LogP contribution is -2.60. The first kappa shape index (κ1) is 53.3. The summed E-state index contributed by atoms with van der Waals surface area (Å²) >= 11 is 3.76. The maximum absolute atomic E-state index is 13.0. The highest BCUT2D eigenvalue weighted by Crippen LogP contribution is 2.25. The van der Waals surface area contributed by atoms with E-state index >= 15 is 0 Å². The summed E-state index contributed by atoms with van der Waals surface area (Å²) in [5.74, 6) is -0.160. The first-order valence-corrected chi connectivity index (χ1v) is 23.9. The minimum atomic E-state index is -1.39. The van der Waals surface area contributed by atoms with Crippen LogP contribution in [0.4, 0.5) is 0 Å². The van der Waals surface area contributed by atoms with Crippen LogP contribution in [0.1, 0.15) is 219 Å². The monoisotopic (exact) mass is 816 g/mol. The average Bonchev–Trinajstić information content (AvgIpc) is 3.19. The third-order valence-corrected chi connectivity index (χ3v) is 11.7. The molecule has 5 unspecified atom stereocenters. The van der Waals surface area contributed by atoms with E-state index in [2.05, 4.69) is 32.1 Å². The fourth-order valence-corrected chi connectivity index (χ4v) is 7.93. The number of carbonyl (C=O) groups excluding carboxylic acids is 1. The molecule has 1 heterocycles. The van der Waals surface area contributed by atoms with Gasteiger partial charge in [-0.1, -0.05) is 206 Å². The molecule has 0 bridgehead atoms. The number of thiol groups is 1. The van der Waals surface area contributed by atoms with E-state index in [1.54, 1.807) is 6.08 Å². The highest BCUT2D eigenvalue weighted by molar-refractivity contribution is 7.75. The van der Waals surface area contributed by atoms with Crippen molar-refractivity contribution in [2.24, 2.45) is 0 Å². The molecule has 10 heteroatoms. The maximum Gasteiger partial charge on any atom is 0.220 e. The Hall–Kier alpha value is -0.720. The van der Waals surface area contributed by atoms with Crippen molar-refractivity contribution in [2.45, 2.75) is 262 Å². The van der Waals surface area contributed by atoms with Gasteiger partial charge in [-0.15, -0.1) is 0 Å². The molecule has 9 nitrogen and oxygen atoms in total. The van der Waals surface area contributed by atoms with Crippen molar-refractivity contribution in [3.8, 4) is 0 Å². The molecule has 5 N–H and O–H groups in total. The Morgan fingerprint density at radius 3 is 1.48 bits per heavy atom. The van der Waals surface area contributed by atoms with Gasteiger partial charge in [0, 0.05) is 6.42 Å². The molecule has 0 aromatic heterocycles. The molecular weight excluding hydrogens is 727 g/mol. The van der Waals surface area contributed by atoms with Gasteiger partial charge in [0.15, 0.2) is 6.29 Å². The Labute approximate surface area is 349 Å². The van der Waals surface area contributed by atoms with Crippen LogP contribution in [0.5, 0.6) is 0 Å². The number of ether oxygens (including phenoxy) is 2. The fourth-order valence-electron chi connectivity index (χ4n) is 7.68. The predicted molar refractivity (Wildman–Crippen MR) is 234 cm³/mol. The third kappa shape index (κ3) is 27.9. The van der Waals surface area contributed by atoms with E-state index in [9.17, 15) is 25.2 Å². The van der Waals surface area contributed by atoms with Crippen molar-refractivity contribution in [3.63, 3.8) is 0 Å². The number of carbonyl (C=O) groups is 1. The minimum Gasteiger partial charge on any atom is -0.394 e. The summed E-state index contributed by atoms with van der Waals surface area (Å²) in [7, 11) is 0. The second-order valence-corrected chi connectivity index (χ2v) is 16.9. The number of hydrogen-bond donors (Lipinski definition) is 6. The number of amides is 1. The Morgan fingerprint density at radius 1 is 0.661 bits per heavy atom. The van der Waals surface area contributed by atoms with E-state index in [4.69, 9.17) is 13.7 Å². The lowest BCUT2D eigenvalue weighted by molar-refractivity contribution is -0.297. The Morgan fingerprint density at radius 2 is 1.07 bits per heavy atom. The zero-order valence-corrected chi connectivity index (χ0v) is 37.0. The van der Waals surface area contributed by atoms with Crippen molar-refractivity contribution in [1.29, 1.82) is 0 Å². The molecule has 1 rings (SSSR count). The fraction of sp³-hybridized carbons (Fsp3) is 0.935. The van der Waals surface area contributed by atoms with Gasteiger partial charge in [0.25, 0.3) is 0 Å². The molecule has 0 aromatic rings. The SMILES string of the molecule is CCCCCCCCC/C=C/[C@@H](O)[C@H](COC1OC(CO)C(O)C(OS)C1O)NC(=O)CCCCCCCCCCCCCCCCCCCCCCCCC. The second kappa shape index (κ2) is 38.5. The topological polar surface area (TPSA) is 138 Å². The number of nitrogens with one attached hydrogen (secondary N) is 1. The molecule has 1 saturated heterocycles. The van der Waals surface area contributed by atoms with Gasteiger partial charge in [-0.05, 0) is 32.2 Å². The van der Waals surface area contributed by atoms with Gasteiger partial charge in [0.05, 0.1) is 25.4 Å². The highest BCUT2D eigenvalue weighted by Gasteiger charge is 2.46. The molecule has 0 aliphatic carbocycles. The Kier molecular flexibility index (Phi) is 36.6. The number of aliphatic hydroxyl groups excluding tert-OH is 4. The summed E-state index contributed by atoms with van der Waals surface area (Å²) in [6.45, 7) is 3.84. The zero-order chi connectivity index (χ0) is 40.9. The summed E-state index contributed by atoms with van der Waals surface area (Å²) in [5.41, 5.74) is 0. The first-order valence-electron chi connectivity index (χ1n) is 23.6. The van der Waals surface area contributed by atoms with Crippen LogP contribution >= 0.6 is 12.9 Å². The van der Waals surface area contributed by atoms with Gasteiger partial charge in [-0.2, -0.15) is 0 Å². The molecule has 1 aliphatic heterocycles. The lowest BCUT2D eigenvalue weighted by Gasteiger charge is -2.41. The molecule has 0 aromatic carbocycles. The molecule has 1 fully saturated rings. The van der Waals surface area contributed by atoms with Gasteiger partial charge in [-0.3, -0.25) is 4.79 Å². The van der Waals surface area contributed by atoms with Crippen LogP contribution in [0.15, 0.2) is 12.2 Å². The van der Waals surface area contributed by atoms with Crippen LogP contribution in [0.25, 0.3) is 0 Å². The quantitative estimate of drug-likeness (QED) is 0.0156. The summed E-state index contributed by atoms with van der Waals surface area (Å²) in [6.07, 6.45) is 36.7. The van der Waals surface area contributed by atoms with Crippen LogP contribution < -0.4 is 5.32 Å². The largest absolute Gasteiger partial charge is 0.394 e. The number of hydrogen-bond acceptors (Lipinski definition) is 9. The normalized spacial score (nSPS) is 21.2. The molecular formula is C46H89NO8S. The average molecular weight is 816 g/mol. The van der Waals surface area contributed by atoms with Crippen molar-refractivity contribution >= 4 is 18.8 Å². The van der Waals surface area contributed by atoms with Crippen molar-refractivity contribution in [3.05, 3.63) is 12.2 Å². The van der Waals surface area contributed by atoms with E-state index in [0.717, 1.165) is 38.5 Å². The standard InChI is InChI=1S/C46H89NO8S/c1-3-5-7-9-11-13-14-15-16-17-18-19-20-21-22-23-24-25-26-28-30-32-34-36-42(50)47-39(40(49)35-33-31-29-27-12-10-8-6-4-2)38-53-46-44(52)45(55-56)43(51)41(37-48)54-46/h33,35,39-41,43-46,48-49,51-52,56H,3-32,34,36-38H2,1-2H3,(H,47,50)/b35-33+/t39-,40+,41?,43?,44?,45?,46?/m0/s1. The van der Waals surface area contributed by atoms with E-state index in [1.807, 2.05) is 6.08 Å². The van der Waals surface area contributed by atoms with Gasteiger partial charge in [0.1, 0.15) is 24.4 Å². The molecule has 7 atom stereocenters. The third-order valence-electron chi connectivity index (χ3n) is 11.5. The molecule has 0 radical (unpaired) electrons. The van der Waals surface area contributed by atoms with E-state index in [-0.39, 0.29) is 12.5 Å². The Balaban J connectivity index is 2.25. The van der Waals surface area contributed by atoms with E-state index in [1.165, 1.54) is 161 Å². The number of aliphatic hydroxyl groups is 4. The zero-order valence-electron chi connectivity index (χ0n) is 36.1. The smallest absolute Gasteiger partial charge is 0.220 e. The van der Waals surface area contributed by atoms with Crippen molar-refractivity contribution < 1.29 is 38.9 Å². The lowest BCUT2D eigenvalue weighted by atomic mass is 9.99.